The Morgan fingerprint density at radius 1 is 1.16 bits per heavy atom. The number of hydrogen-bond acceptors (Lipinski definition) is 4. The third-order valence-electron chi connectivity index (χ3n) is 4.91. The number of halogens is 1. The SMILES string of the molecule is Cl.O=C(Cc1ccc2c(c1)CCC2)Nc1nc(CN2CCCC2)cs1. The fraction of sp³-hybridized carbons (Fsp3) is 0.474. The summed E-state index contributed by atoms with van der Waals surface area (Å²) in [7, 11) is 0. The molecule has 134 valence electrons. The number of carbonyl (C=O) groups is 1. The Morgan fingerprint density at radius 3 is 2.80 bits per heavy atom. The second-order valence-electron chi connectivity index (χ2n) is 6.81. The fourth-order valence-corrected chi connectivity index (χ4v) is 4.41. The molecule has 1 fully saturated rings. The molecular formula is C19H24ClN3OS. The summed E-state index contributed by atoms with van der Waals surface area (Å²) in [5.74, 6) is 0.0232. The number of aromatic nitrogens is 1. The quantitative estimate of drug-likeness (QED) is 0.861. The number of carbonyl (C=O) groups excluding carboxylic acids is 1. The van der Waals surface area contributed by atoms with Gasteiger partial charge in [0.05, 0.1) is 12.1 Å². The summed E-state index contributed by atoms with van der Waals surface area (Å²) in [6, 6.07) is 6.47. The largest absolute Gasteiger partial charge is 0.302 e. The van der Waals surface area contributed by atoms with Crippen molar-refractivity contribution in [3.8, 4) is 0 Å². The van der Waals surface area contributed by atoms with Crippen molar-refractivity contribution in [1.29, 1.82) is 0 Å². The number of benzene rings is 1. The van der Waals surface area contributed by atoms with Crippen molar-refractivity contribution in [3.05, 3.63) is 46.0 Å². The van der Waals surface area contributed by atoms with E-state index in [-0.39, 0.29) is 18.3 Å². The summed E-state index contributed by atoms with van der Waals surface area (Å²) >= 11 is 1.52. The highest BCUT2D eigenvalue weighted by atomic mass is 35.5. The maximum atomic E-state index is 12.3. The highest BCUT2D eigenvalue weighted by molar-refractivity contribution is 7.13. The van der Waals surface area contributed by atoms with Crippen molar-refractivity contribution in [2.75, 3.05) is 18.4 Å². The Labute approximate surface area is 159 Å². The van der Waals surface area contributed by atoms with Gasteiger partial charge in [-0.15, -0.1) is 23.7 Å². The molecule has 1 aromatic carbocycles. The van der Waals surface area contributed by atoms with Crippen LogP contribution in [-0.2, 0) is 30.6 Å². The van der Waals surface area contributed by atoms with E-state index in [0.717, 1.165) is 42.4 Å². The highest BCUT2D eigenvalue weighted by Crippen LogP contribution is 2.23. The Hall–Kier alpha value is -1.43. The number of nitrogens with zero attached hydrogens (tertiary/aromatic N) is 2. The molecular weight excluding hydrogens is 354 g/mol. The monoisotopic (exact) mass is 377 g/mol. The number of fused-ring (bicyclic) bond motifs is 1. The summed E-state index contributed by atoms with van der Waals surface area (Å²) in [6.45, 7) is 3.23. The molecule has 1 saturated heterocycles. The van der Waals surface area contributed by atoms with Gasteiger partial charge < -0.3 is 5.32 Å². The molecule has 1 aromatic heterocycles. The third kappa shape index (κ3) is 4.60. The molecule has 25 heavy (non-hydrogen) atoms. The smallest absolute Gasteiger partial charge is 0.230 e. The number of anilines is 1. The predicted octanol–water partition coefficient (Wildman–Crippen LogP) is 3.83. The molecule has 2 aliphatic rings. The molecule has 4 rings (SSSR count). The van der Waals surface area contributed by atoms with Crippen LogP contribution in [0.2, 0.25) is 0 Å². The van der Waals surface area contributed by atoms with Gasteiger partial charge in [0, 0.05) is 11.9 Å². The van der Waals surface area contributed by atoms with Gasteiger partial charge in [0.25, 0.3) is 0 Å². The first-order chi connectivity index (χ1) is 11.8. The van der Waals surface area contributed by atoms with E-state index in [1.807, 2.05) is 0 Å². The van der Waals surface area contributed by atoms with E-state index < -0.39 is 0 Å². The normalized spacial score (nSPS) is 16.5. The number of hydrogen-bond donors (Lipinski definition) is 1. The van der Waals surface area contributed by atoms with Crippen LogP contribution in [0.1, 0.15) is 41.6 Å². The topological polar surface area (TPSA) is 45.2 Å². The lowest BCUT2D eigenvalue weighted by molar-refractivity contribution is -0.115. The van der Waals surface area contributed by atoms with Crippen LogP contribution in [0, 0.1) is 0 Å². The number of thiazole rings is 1. The molecule has 4 nitrogen and oxygen atoms in total. The van der Waals surface area contributed by atoms with Crippen LogP contribution in [0.15, 0.2) is 23.6 Å². The molecule has 6 heteroatoms. The fourth-order valence-electron chi connectivity index (χ4n) is 3.69. The number of amides is 1. The Morgan fingerprint density at radius 2 is 1.96 bits per heavy atom. The van der Waals surface area contributed by atoms with Crippen LogP contribution in [0.4, 0.5) is 5.13 Å². The van der Waals surface area contributed by atoms with Crippen molar-refractivity contribution in [2.45, 2.75) is 45.1 Å². The molecule has 0 saturated carbocycles. The predicted molar refractivity (Wildman–Crippen MR) is 105 cm³/mol. The minimum atomic E-state index is 0. The molecule has 1 aliphatic carbocycles. The van der Waals surface area contributed by atoms with Gasteiger partial charge in [0.15, 0.2) is 5.13 Å². The summed E-state index contributed by atoms with van der Waals surface area (Å²) in [5, 5.41) is 5.73. The molecule has 1 amide bonds. The minimum Gasteiger partial charge on any atom is -0.302 e. The van der Waals surface area contributed by atoms with Crippen molar-refractivity contribution in [3.63, 3.8) is 0 Å². The van der Waals surface area contributed by atoms with Gasteiger partial charge in [-0.3, -0.25) is 9.69 Å². The van der Waals surface area contributed by atoms with Crippen LogP contribution in [0.3, 0.4) is 0 Å². The average Bonchev–Trinajstić information content (AvgIpc) is 3.29. The van der Waals surface area contributed by atoms with Crippen molar-refractivity contribution in [2.24, 2.45) is 0 Å². The Kier molecular flexibility index (Phi) is 6.10. The number of rotatable bonds is 5. The van der Waals surface area contributed by atoms with E-state index in [0.29, 0.717) is 6.42 Å². The molecule has 2 aromatic rings. The summed E-state index contributed by atoms with van der Waals surface area (Å²) < 4.78 is 0. The Bertz CT molecular complexity index is 740. The molecule has 0 radical (unpaired) electrons. The van der Waals surface area contributed by atoms with E-state index in [9.17, 15) is 4.79 Å². The lowest BCUT2D eigenvalue weighted by atomic mass is 10.0. The van der Waals surface area contributed by atoms with Gasteiger partial charge in [0.2, 0.25) is 5.91 Å². The maximum absolute atomic E-state index is 12.3. The van der Waals surface area contributed by atoms with Crippen molar-refractivity contribution >= 4 is 34.8 Å². The number of aryl methyl sites for hydroxylation is 2. The van der Waals surface area contributed by atoms with E-state index in [2.05, 4.69) is 38.8 Å². The number of nitrogens with one attached hydrogen (secondary N) is 1. The molecule has 2 heterocycles. The molecule has 0 bridgehead atoms. The van der Waals surface area contributed by atoms with E-state index in [1.165, 1.54) is 48.1 Å². The van der Waals surface area contributed by atoms with E-state index >= 15 is 0 Å². The van der Waals surface area contributed by atoms with Crippen molar-refractivity contribution < 1.29 is 4.79 Å². The summed E-state index contributed by atoms with van der Waals surface area (Å²) in [6.07, 6.45) is 6.57. The van der Waals surface area contributed by atoms with Crippen LogP contribution in [0.25, 0.3) is 0 Å². The van der Waals surface area contributed by atoms with Crippen LogP contribution in [0.5, 0.6) is 0 Å². The Balaban J connectivity index is 0.00000182. The van der Waals surface area contributed by atoms with E-state index in [4.69, 9.17) is 0 Å². The van der Waals surface area contributed by atoms with Gasteiger partial charge in [-0.2, -0.15) is 0 Å². The van der Waals surface area contributed by atoms with Crippen LogP contribution >= 0.6 is 23.7 Å². The molecule has 1 aliphatic heterocycles. The van der Waals surface area contributed by atoms with Crippen LogP contribution < -0.4 is 5.32 Å². The van der Waals surface area contributed by atoms with Gasteiger partial charge in [-0.05, 0) is 61.9 Å². The first-order valence-electron chi connectivity index (χ1n) is 8.83. The average molecular weight is 378 g/mol. The summed E-state index contributed by atoms with van der Waals surface area (Å²) in [4.78, 5) is 19.3. The third-order valence-corrected chi connectivity index (χ3v) is 5.72. The first kappa shape index (κ1) is 18.4. The number of likely N-dealkylation sites (tertiary alicyclic amines) is 1. The second kappa shape index (κ2) is 8.30. The maximum Gasteiger partial charge on any atom is 0.230 e. The van der Waals surface area contributed by atoms with E-state index in [1.54, 1.807) is 0 Å². The minimum absolute atomic E-state index is 0. The lowest BCUT2D eigenvalue weighted by Crippen LogP contribution is -2.18. The molecule has 0 atom stereocenters. The van der Waals surface area contributed by atoms with Gasteiger partial charge >= 0.3 is 0 Å². The zero-order chi connectivity index (χ0) is 16.4. The van der Waals surface area contributed by atoms with Gasteiger partial charge in [-0.25, -0.2) is 4.98 Å². The molecule has 0 spiro atoms. The van der Waals surface area contributed by atoms with Gasteiger partial charge in [-0.1, -0.05) is 18.2 Å². The zero-order valence-corrected chi connectivity index (χ0v) is 15.9. The molecule has 0 unspecified atom stereocenters. The lowest BCUT2D eigenvalue weighted by Gasteiger charge is -2.11. The zero-order valence-electron chi connectivity index (χ0n) is 14.3. The summed E-state index contributed by atoms with van der Waals surface area (Å²) in [5.41, 5.74) is 5.03. The van der Waals surface area contributed by atoms with Crippen molar-refractivity contribution in [1.82, 2.24) is 9.88 Å². The second-order valence-corrected chi connectivity index (χ2v) is 7.67. The van der Waals surface area contributed by atoms with Crippen LogP contribution in [-0.4, -0.2) is 28.9 Å². The standard InChI is InChI=1S/C19H23N3OS.ClH/c23-18(11-14-6-7-15-4-3-5-16(15)10-14)21-19-20-17(13-24-19)12-22-8-1-2-9-22;/h6-7,10,13H,1-5,8-9,11-12H2,(H,20,21,23);1H. The first-order valence-corrected chi connectivity index (χ1v) is 9.71. The van der Waals surface area contributed by atoms with Gasteiger partial charge in [0.1, 0.15) is 0 Å². The molecule has 1 N–H and O–H groups in total. The highest BCUT2D eigenvalue weighted by Gasteiger charge is 2.15.